The third kappa shape index (κ3) is 3.69. The van der Waals surface area contributed by atoms with Crippen molar-refractivity contribution < 1.29 is 9.53 Å². The highest BCUT2D eigenvalue weighted by molar-refractivity contribution is 5.81. The van der Waals surface area contributed by atoms with Gasteiger partial charge in [-0.1, -0.05) is 12.8 Å². The zero-order valence-corrected chi connectivity index (χ0v) is 11.4. The molecule has 2 rings (SSSR count). The Morgan fingerprint density at radius 2 is 2.11 bits per heavy atom. The fraction of sp³-hybridized carbons (Fsp3) is 0.929. The van der Waals surface area contributed by atoms with E-state index in [0.29, 0.717) is 25.8 Å². The van der Waals surface area contributed by atoms with Gasteiger partial charge in [0.05, 0.1) is 12.6 Å². The molecule has 4 heteroatoms. The second kappa shape index (κ2) is 7.10. The Kier molecular flexibility index (Phi) is 5.45. The SMILES string of the molecule is CCOCCNC(=O)C1CCC2CCCCC2N1. The summed E-state index contributed by atoms with van der Waals surface area (Å²) in [6, 6.07) is 0.598. The van der Waals surface area contributed by atoms with Crippen LogP contribution in [0, 0.1) is 5.92 Å². The van der Waals surface area contributed by atoms with Crippen molar-refractivity contribution in [1.82, 2.24) is 10.6 Å². The molecule has 1 heterocycles. The summed E-state index contributed by atoms with van der Waals surface area (Å²) in [5.41, 5.74) is 0. The Labute approximate surface area is 110 Å². The van der Waals surface area contributed by atoms with Crippen LogP contribution in [0.1, 0.15) is 45.4 Å². The van der Waals surface area contributed by atoms with Gasteiger partial charge in [0, 0.05) is 19.2 Å². The second-order valence-corrected chi connectivity index (χ2v) is 5.44. The fourth-order valence-electron chi connectivity index (χ4n) is 3.22. The maximum atomic E-state index is 12.0. The van der Waals surface area contributed by atoms with E-state index in [4.69, 9.17) is 4.74 Å². The molecule has 4 nitrogen and oxygen atoms in total. The average molecular weight is 254 g/mol. The van der Waals surface area contributed by atoms with Gasteiger partial charge in [-0.2, -0.15) is 0 Å². The lowest BCUT2D eigenvalue weighted by Crippen LogP contribution is -2.55. The molecular formula is C14H26N2O2. The number of fused-ring (bicyclic) bond motifs is 1. The molecule has 1 saturated carbocycles. The first-order valence-corrected chi connectivity index (χ1v) is 7.42. The van der Waals surface area contributed by atoms with Crippen molar-refractivity contribution in [2.24, 2.45) is 5.92 Å². The minimum Gasteiger partial charge on any atom is -0.380 e. The third-order valence-corrected chi connectivity index (χ3v) is 4.22. The van der Waals surface area contributed by atoms with E-state index < -0.39 is 0 Å². The van der Waals surface area contributed by atoms with E-state index in [1.54, 1.807) is 0 Å². The Morgan fingerprint density at radius 3 is 2.94 bits per heavy atom. The molecule has 0 aromatic rings. The smallest absolute Gasteiger partial charge is 0.237 e. The van der Waals surface area contributed by atoms with E-state index >= 15 is 0 Å². The van der Waals surface area contributed by atoms with Crippen molar-refractivity contribution in [3.05, 3.63) is 0 Å². The van der Waals surface area contributed by atoms with Gasteiger partial charge in [0.2, 0.25) is 5.91 Å². The number of carbonyl (C=O) groups is 1. The normalized spacial score (nSPS) is 31.7. The highest BCUT2D eigenvalue weighted by atomic mass is 16.5. The van der Waals surface area contributed by atoms with E-state index in [1.807, 2.05) is 6.92 Å². The zero-order valence-electron chi connectivity index (χ0n) is 11.4. The van der Waals surface area contributed by atoms with E-state index in [9.17, 15) is 4.79 Å². The first-order chi connectivity index (χ1) is 8.81. The zero-order chi connectivity index (χ0) is 12.8. The number of hydrogen-bond donors (Lipinski definition) is 2. The van der Waals surface area contributed by atoms with Crippen LogP contribution in [0.3, 0.4) is 0 Å². The molecule has 0 aromatic carbocycles. The molecule has 1 amide bonds. The third-order valence-electron chi connectivity index (χ3n) is 4.22. The van der Waals surface area contributed by atoms with Crippen molar-refractivity contribution in [2.45, 2.75) is 57.5 Å². The van der Waals surface area contributed by atoms with Crippen LogP contribution in [0.5, 0.6) is 0 Å². The summed E-state index contributed by atoms with van der Waals surface area (Å²) in [4.78, 5) is 12.0. The van der Waals surface area contributed by atoms with E-state index in [0.717, 1.165) is 12.3 Å². The summed E-state index contributed by atoms with van der Waals surface area (Å²) in [6.07, 6.45) is 7.47. The Bertz CT molecular complexity index is 271. The lowest BCUT2D eigenvalue weighted by molar-refractivity contribution is -0.124. The lowest BCUT2D eigenvalue weighted by Gasteiger charge is -2.39. The van der Waals surface area contributed by atoms with E-state index in [2.05, 4.69) is 10.6 Å². The minimum absolute atomic E-state index is 0.0194. The molecule has 18 heavy (non-hydrogen) atoms. The summed E-state index contributed by atoms with van der Waals surface area (Å²) in [5, 5.41) is 6.50. The van der Waals surface area contributed by atoms with Crippen LogP contribution in [-0.2, 0) is 9.53 Å². The Hall–Kier alpha value is -0.610. The van der Waals surface area contributed by atoms with Gasteiger partial charge >= 0.3 is 0 Å². The molecular weight excluding hydrogens is 228 g/mol. The van der Waals surface area contributed by atoms with Crippen LogP contribution in [0.2, 0.25) is 0 Å². The van der Waals surface area contributed by atoms with Gasteiger partial charge < -0.3 is 15.4 Å². The minimum atomic E-state index is 0.0194. The van der Waals surface area contributed by atoms with Crippen molar-refractivity contribution in [2.75, 3.05) is 19.8 Å². The summed E-state index contributed by atoms with van der Waals surface area (Å²) in [7, 11) is 0. The molecule has 1 aliphatic heterocycles. The number of carbonyl (C=O) groups excluding carboxylic acids is 1. The predicted molar refractivity (Wildman–Crippen MR) is 71.4 cm³/mol. The summed E-state index contributed by atoms with van der Waals surface area (Å²) in [6.45, 7) is 3.91. The Balaban J connectivity index is 1.71. The quantitative estimate of drug-likeness (QED) is 0.730. The van der Waals surface area contributed by atoms with Gasteiger partial charge in [0.25, 0.3) is 0 Å². The summed E-state index contributed by atoms with van der Waals surface area (Å²) in [5.74, 6) is 0.963. The van der Waals surface area contributed by atoms with Crippen LogP contribution >= 0.6 is 0 Å². The molecule has 2 N–H and O–H groups in total. The number of amides is 1. The first kappa shape index (κ1) is 13.8. The van der Waals surface area contributed by atoms with Gasteiger partial charge in [0.15, 0.2) is 0 Å². The average Bonchev–Trinajstić information content (AvgIpc) is 2.43. The summed E-state index contributed by atoms with van der Waals surface area (Å²) >= 11 is 0. The van der Waals surface area contributed by atoms with Crippen molar-refractivity contribution in [3.63, 3.8) is 0 Å². The molecule has 3 unspecified atom stereocenters. The van der Waals surface area contributed by atoms with Crippen molar-refractivity contribution in [1.29, 1.82) is 0 Å². The van der Waals surface area contributed by atoms with Gasteiger partial charge in [-0.05, 0) is 38.5 Å². The predicted octanol–water partition coefficient (Wildman–Crippen LogP) is 1.45. The highest BCUT2D eigenvalue weighted by Gasteiger charge is 2.34. The lowest BCUT2D eigenvalue weighted by atomic mass is 9.77. The highest BCUT2D eigenvalue weighted by Crippen LogP contribution is 2.32. The number of hydrogen-bond acceptors (Lipinski definition) is 3. The number of ether oxygens (including phenoxy) is 1. The van der Waals surface area contributed by atoms with Crippen molar-refractivity contribution in [3.8, 4) is 0 Å². The van der Waals surface area contributed by atoms with E-state index in [-0.39, 0.29) is 11.9 Å². The Morgan fingerprint density at radius 1 is 1.28 bits per heavy atom. The summed E-state index contributed by atoms with van der Waals surface area (Å²) < 4.78 is 5.22. The van der Waals surface area contributed by atoms with Crippen LogP contribution in [-0.4, -0.2) is 37.7 Å². The molecule has 0 radical (unpaired) electrons. The number of piperidine rings is 1. The molecule has 3 atom stereocenters. The van der Waals surface area contributed by atoms with Gasteiger partial charge in [0.1, 0.15) is 0 Å². The topological polar surface area (TPSA) is 50.4 Å². The molecule has 0 aromatic heterocycles. The number of rotatable bonds is 5. The molecule has 0 bridgehead atoms. The molecule has 2 fully saturated rings. The van der Waals surface area contributed by atoms with Crippen LogP contribution < -0.4 is 10.6 Å². The van der Waals surface area contributed by atoms with Gasteiger partial charge in [-0.25, -0.2) is 0 Å². The number of nitrogens with one attached hydrogen (secondary N) is 2. The van der Waals surface area contributed by atoms with Crippen LogP contribution in [0.25, 0.3) is 0 Å². The molecule has 104 valence electrons. The maximum absolute atomic E-state index is 12.0. The standard InChI is InChI=1S/C14H26N2O2/c1-2-18-10-9-15-14(17)13-8-7-11-5-3-4-6-12(11)16-13/h11-13,16H,2-10H2,1H3,(H,15,17). The molecule has 2 aliphatic rings. The van der Waals surface area contributed by atoms with E-state index in [1.165, 1.54) is 32.1 Å². The first-order valence-electron chi connectivity index (χ1n) is 7.42. The van der Waals surface area contributed by atoms with Crippen LogP contribution in [0.4, 0.5) is 0 Å². The maximum Gasteiger partial charge on any atom is 0.237 e. The van der Waals surface area contributed by atoms with Crippen molar-refractivity contribution >= 4 is 5.91 Å². The van der Waals surface area contributed by atoms with Gasteiger partial charge in [-0.3, -0.25) is 4.79 Å². The molecule has 0 spiro atoms. The van der Waals surface area contributed by atoms with Gasteiger partial charge in [-0.15, -0.1) is 0 Å². The van der Waals surface area contributed by atoms with Crippen LogP contribution in [0.15, 0.2) is 0 Å². The molecule has 1 aliphatic carbocycles. The molecule has 1 saturated heterocycles. The second-order valence-electron chi connectivity index (χ2n) is 5.44. The largest absolute Gasteiger partial charge is 0.380 e. The monoisotopic (exact) mass is 254 g/mol. The fourth-order valence-corrected chi connectivity index (χ4v) is 3.22.